The van der Waals surface area contributed by atoms with Gasteiger partial charge in [0.1, 0.15) is 0 Å². The number of rotatable bonds is 1. The third-order valence-electron chi connectivity index (χ3n) is 2.56. The molecule has 15 heavy (non-hydrogen) atoms. The molecule has 0 amide bonds. The Balaban J connectivity index is 2.53. The van der Waals surface area contributed by atoms with E-state index in [0.29, 0.717) is 0 Å². The van der Waals surface area contributed by atoms with Crippen LogP contribution in [0.25, 0.3) is 11.1 Å². The van der Waals surface area contributed by atoms with Gasteiger partial charge in [-0.3, -0.25) is 0 Å². The van der Waals surface area contributed by atoms with Crippen LogP contribution < -0.4 is 0 Å². The molecule has 0 spiro atoms. The molecule has 0 aromatic heterocycles. The molecule has 0 atom stereocenters. The first-order valence-corrected chi connectivity index (χ1v) is 6.08. The molecule has 0 heterocycles. The minimum absolute atomic E-state index is 1.29. The second-order valence-corrected chi connectivity index (χ2v) is 5.07. The van der Waals surface area contributed by atoms with Gasteiger partial charge < -0.3 is 0 Å². The highest BCUT2D eigenvalue weighted by atomic mass is 127. The van der Waals surface area contributed by atoms with Crippen LogP contribution in [0.2, 0.25) is 0 Å². The lowest BCUT2D eigenvalue weighted by Crippen LogP contribution is -1.84. The van der Waals surface area contributed by atoms with Crippen LogP contribution in [-0.4, -0.2) is 0 Å². The minimum Gasteiger partial charge on any atom is -0.0587 e. The molecule has 0 aliphatic carbocycles. The molecule has 0 fully saturated rings. The summed E-state index contributed by atoms with van der Waals surface area (Å²) in [5.74, 6) is 0. The SMILES string of the molecule is Cc1ccc(-c2cc(I)ccc2C)cc1. The van der Waals surface area contributed by atoms with Gasteiger partial charge in [0.05, 0.1) is 0 Å². The maximum absolute atomic E-state index is 2.36. The largest absolute Gasteiger partial charge is 0.0587 e. The highest BCUT2D eigenvalue weighted by Gasteiger charge is 2.01. The number of aryl methyl sites for hydroxylation is 2. The molecule has 0 nitrogen and oxygen atoms in total. The fraction of sp³-hybridized carbons (Fsp3) is 0.143. The summed E-state index contributed by atoms with van der Waals surface area (Å²) < 4.78 is 1.29. The molecule has 0 radical (unpaired) electrons. The van der Waals surface area contributed by atoms with Crippen molar-refractivity contribution < 1.29 is 0 Å². The van der Waals surface area contributed by atoms with Gasteiger partial charge in [-0.2, -0.15) is 0 Å². The Morgan fingerprint density at radius 2 is 1.53 bits per heavy atom. The maximum atomic E-state index is 2.36. The van der Waals surface area contributed by atoms with Crippen LogP contribution in [0.1, 0.15) is 11.1 Å². The van der Waals surface area contributed by atoms with Crippen molar-refractivity contribution in [1.29, 1.82) is 0 Å². The van der Waals surface area contributed by atoms with E-state index in [0.717, 1.165) is 0 Å². The fourth-order valence-corrected chi connectivity index (χ4v) is 2.13. The van der Waals surface area contributed by atoms with Gasteiger partial charge in [-0.15, -0.1) is 0 Å². The summed E-state index contributed by atoms with van der Waals surface area (Å²) in [6.45, 7) is 4.27. The second-order valence-electron chi connectivity index (χ2n) is 3.83. The standard InChI is InChI=1S/C14H13I/c1-10-3-6-12(7-4-10)14-9-13(15)8-5-11(14)2/h3-9H,1-2H3. The molecule has 2 aromatic rings. The first-order valence-electron chi connectivity index (χ1n) is 5.00. The molecule has 1 heteroatoms. The quantitative estimate of drug-likeness (QED) is 0.677. The summed E-state index contributed by atoms with van der Waals surface area (Å²) in [7, 11) is 0. The topological polar surface area (TPSA) is 0 Å². The molecule has 0 aliphatic heterocycles. The van der Waals surface area contributed by atoms with Crippen molar-refractivity contribution in [2.45, 2.75) is 13.8 Å². The first-order chi connectivity index (χ1) is 7.16. The van der Waals surface area contributed by atoms with Crippen molar-refractivity contribution >= 4 is 22.6 Å². The summed E-state index contributed by atoms with van der Waals surface area (Å²) in [6.07, 6.45) is 0. The van der Waals surface area contributed by atoms with Gasteiger partial charge in [0, 0.05) is 3.57 Å². The van der Waals surface area contributed by atoms with Gasteiger partial charge >= 0.3 is 0 Å². The van der Waals surface area contributed by atoms with Gasteiger partial charge in [-0.1, -0.05) is 35.9 Å². The molecule has 0 saturated heterocycles. The van der Waals surface area contributed by atoms with E-state index in [9.17, 15) is 0 Å². The number of halogens is 1. The average molecular weight is 308 g/mol. The molecule has 76 valence electrons. The monoisotopic (exact) mass is 308 g/mol. The van der Waals surface area contributed by atoms with Gasteiger partial charge in [0.2, 0.25) is 0 Å². The van der Waals surface area contributed by atoms with Crippen molar-refractivity contribution in [1.82, 2.24) is 0 Å². The van der Waals surface area contributed by atoms with Crippen molar-refractivity contribution in [2.24, 2.45) is 0 Å². The fourth-order valence-electron chi connectivity index (χ4n) is 1.64. The van der Waals surface area contributed by atoms with Gasteiger partial charge in [0.25, 0.3) is 0 Å². The Labute approximate surface area is 104 Å². The summed E-state index contributed by atoms with van der Waals surface area (Å²) in [4.78, 5) is 0. The molecular weight excluding hydrogens is 295 g/mol. The lowest BCUT2D eigenvalue weighted by Gasteiger charge is -2.07. The van der Waals surface area contributed by atoms with Gasteiger partial charge in [-0.05, 0) is 65.3 Å². The summed E-state index contributed by atoms with van der Waals surface area (Å²) >= 11 is 2.36. The Kier molecular flexibility index (Phi) is 3.10. The van der Waals surface area contributed by atoms with E-state index in [1.54, 1.807) is 0 Å². The van der Waals surface area contributed by atoms with Crippen LogP contribution in [0.4, 0.5) is 0 Å². The highest BCUT2D eigenvalue weighted by Crippen LogP contribution is 2.25. The highest BCUT2D eigenvalue weighted by molar-refractivity contribution is 14.1. The molecule has 0 aliphatic rings. The number of hydrogen-bond acceptors (Lipinski definition) is 0. The van der Waals surface area contributed by atoms with Crippen molar-refractivity contribution in [3.63, 3.8) is 0 Å². The maximum Gasteiger partial charge on any atom is 0.0136 e. The minimum atomic E-state index is 1.29. The summed E-state index contributed by atoms with van der Waals surface area (Å²) in [5.41, 5.74) is 5.28. The third kappa shape index (κ3) is 2.40. The van der Waals surface area contributed by atoms with E-state index < -0.39 is 0 Å². The molecule has 0 N–H and O–H groups in total. The predicted molar refractivity (Wildman–Crippen MR) is 74.1 cm³/mol. The number of hydrogen-bond donors (Lipinski definition) is 0. The predicted octanol–water partition coefficient (Wildman–Crippen LogP) is 4.58. The van der Waals surface area contributed by atoms with Crippen molar-refractivity contribution in [2.75, 3.05) is 0 Å². The average Bonchev–Trinajstić information content (AvgIpc) is 2.23. The zero-order valence-corrected chi connectivity index (χ0v) is 11.1. The number of benzene rings is 2. The van der Waals surface area contributed by atoms with Gasteiger partial charge in [-0.25, -0.2) is 0 Å². The van der Waals surface area contributed by atoms with Crippen molar-refractivity contribution in [3.8, 4) is 11.1 Å². The smallest absolute Gasteiger partial charge is 0.0136 e. The van der Waals surface area contributed by atoms with E-state index in [4.69, 9.17) is 0 Å². The van der Waals surface area contributed by atoms with E-state index in [2.05, 4.69) is 78.9 Å². The van der Waals surface area contributed by atoms with E-state index in [1.807, 2.05) is 0 Å². The van der Waals surface area contributed by atoms with E-state index in [1.165, 1.54) is 25.8 Å². The normalized spacial score (nSPS) is 10.3. The second kappa shape index (κ2) is 4.35. The Morgan fingerprint density at radius 1 is 0.867 bits per heavy atom. The lowest BCUT2D eigenvalue weighted by molar-refractivity contribution is 1.42. The Hall–Kier alpha value is -0.830. The lowest BCUT2D eigenvalue weighted by atomic mass is 10.00. The van der Waals surface area contributed by atoms with Crippen LogP contribution >= 0.6 is 22.6 Å². The van der Waals surface area contributed by atoms with E-state index >= 15 is 0 Å². The van der Waals surface area contributed by atoms with Gasteiger partial charge in [0.15, 0.2) is 0 Å². The first kappa shape index (κ1) is 10.7. The molecule has 0 unspecified atom stereocenters. The molecule has 2 rings (SSSR count). The Bertz CT molecular complexity index is 469. The molecule has 0 bridgehead atoms. The van der Waals surface area contributed by atoms with Crippen LogP contribution in [0.5, 0.6) is 0 Å². The van der Waals surface area contributed by atoms with Crippen LogP contribution in [0.3, 0.4) is 0 Å². The van der Waals surface area contributed by atoms with E-state index in [-0.39, 0.29) is 0 Å². The van der Waals surface area contributed by atoms with Crippen LogP contribution in [0, 0.1) is 17.4 Å². The van der Waals surface area contributed by atoms with Crippen LogP contribution in [-0.2, 0) is 0 Å². The van der Waals surface area contributed by atoms with Crippen molar-refractivity contribution in [3.05, 3.63) is 57.2 Å². The molecule has 2 aromatic carbocycles. The third-order valence-corrected chi connectivity index (χ3v) is 3.23. The molecular formula is C14H13I. The molecule has 0 saturated carbocycles. The summed E-state index contributed by atoms with van der Waals surface area (Å²) in [5, 5.41) is 0. The zero-order valence-electron chi connectivity index (χ0n) is 8.92. The Morgan fingerprint density at radius 3 is 2.20 bits per heavy atom. The zero-order chi connectivity index (χ0) is 10.8. The van der Waals surface area contributed by atoms with Crippen LogP contribution in [0.15, 0.2) is 42.5 Å². The summed E-state index contributed by atoms with van der Waals surface area (Å²) in [6, 6.07) is 15.3.